The van der Waals surface area contributed by atoms with Crippen LogP contribution in [0.2, 0.25) is 5.02 Å². The van der Waals surface area contributed by atoms with Gasteiger partial charge in [0, 0.05) is 18.0 Å². The van der Waals surface area contributed by atoms with Gasteiger partial charge in [0.1, 0.15) is 17.1 Å². The number of nitrogens with two attached hydrogens (primary N) is 1. The normalized spacial score (nSPS) is 10.2. The van der Waals surface area contributed by atoms with Crippen LogP contribution in [0.3, 0.4) is 0 Å². The van der Waals surface area contributed by atoms with Gasteiger partial charge in [0.25, 0.3) is 5.91 Å². The van der Waals surface area contributed by atoms with E-state index in [-0.39, 0.29) is 5.91 Å². The molecule has 88 valence electrons. The van der Waals surface area contributed by atoms with Crippen molar-refractivity contribution in [3.63, 3.8) is 0 Å². The van der Waals surface area contributed by atoms with Crippen LogP contribution in [0.25, 0.3) is 0 Å². The molecule has 0 amide bonds. The monoisotopic (exact) mass is 251 g/mol. The zero-order valence-electron chi connectivity index (χ0n) is 9.05. The molecule has 0 fully saturated rings. The summed E-state index contributed by atoms with van der Waals surface area (Å²) >= 11 is 5.91. The van der Waals surface area contributed by atoms with Crippen LogP contribution in [0, 0.1) is 0 Å². The average Bonchev–Trinajstić information content (AvgIpc) is 2.85. The molecule has 0 atom stereocenters. The number of carbonyl (C=O) groups excluding carboxylic acids is 1. The van der Waals surface area contributed by atoms with E-state index in [0.717, 1.165) is 0 Å². The molecule has 0 saturated heterocycles. The standard InChI is InChI=1S/C11H10ClN3O2/c1-17-9-5-7(4-8(13)10(9)12)11(16)15-3-2-14-6-15/h2-6H,13H2,1H3. The lowest BCUT2D eigenvalue weighted by Crippen LogP contribution is -2.10. The summed E-state index contributed by atoms with van der Waals surface area (Å²) in [6, 6.07) is 3.05. The van der Waals surface area contributed by atoms with Gasteiger partial charge < -0.3 is 10.5 Å². The van der Waals surface area contributed by atoms with Crippen LogP contribution in [0.4, 0.5) is 5.69 Å². The quantitative estimate of drug-likeness (QED) is 0.827. The SMILES string of the molecule is COc1cc(C(=O)n2ccnc2)cc(N)c1Cl. The number of nitrogen functional groups attached to an aromatic ring is 1. The van der Waals surface area contributed by atoms with Crippen LogP contribution in [0.5, 0.6) is 5.75 Å². The lowest BCUT2D eigenvalue weighted by Gasteiger charge is -2.08. The first-order chi connectivity index (χ1) is 8.13. The number of imidazole rings is 1. The van der Waals surface area contributed by atoms with Crippen LogP contribution >= 0.6 is 11.6 Å². The van der Waals surface area contributed by atoms with Crippen molar-refractivity contribution in [1.82, 2.24) is 9.55 Å². The first-order valence-electron chi connectivity index (χ1n) is 4.79. The number of rotatable bonds is 2. The summed E-state index contributed by atoms with van der Waals surface area (Å²) in [5, 5.41) is 0.301. The Kier molecular flexibility index (Phi) is 3.01. The first kappa shape index (κ1) is 11.5. The smallest absolute Gasteiger partial charge is 0.263 e. The highest BCUT2D eigenvalue weighted by atomic mass is 35.5. The molecule has 0 saturated carbocycles. The first-order valence-corrected chi connectivity index (χ1v) is 5.17. The number of anilines is 1. The second-order valence-electron chi connectivity index (χ2n) is 3.36. The fourth-order valence-corrected chi connectivity index (χ4v) is 1.61. The summed E-state index contributed by atoms with van der Waals surface area (Å²) in [4.78, 5) is 15.8. The van der Waals surface area contributed by atoms with Crippen LogP contribution < -0.4 is 10.5 Å². The Morgan fingerprint density at radius 3 is 2.88 bits per heavy atom. The molecular weight excluding hydrogens is 242 g/mol. The largest absolute Gasteiger partial charge is 0.495 e. The predicted octanol–water partition coefficient (Wildman–Crippen LogP) is 1.82. The highest BCUT2D eigenvalue weighted by Crippen LogP contribution is 2.31. The molecule has 0 aliphatic heterocycles. The van der Waals surface area contributed by atoms with Crippen molar-refractivity contribution in [2.24, 2.45) is 0 Å². The van der Waals surface area contributed by atoms with Gasteiger partial charge in [0.15, 0.2) is 0 Å². The van der Waals surface area contributed by atoms with Crippen LogP contribution in [0.15, 0.2) is 30.9 Å². The maximum Gasteiger partial charge on any atom is 0.263 e. The van der Waals surface area contributed by atoms with Crippen molar-refractivity contribution >= 4 is 23.2 Å². The van der Waals surface area contributed by atoms with Crippen molar-refractivity contribution < 1.29 is 9.53 Å². The van der Waals surface area contributed by atoms with E-state index in [1.54, 1.807) is 12.3 Å². The van der Waals surface area contributed by atoms with E-state index < -0.39 is 0 Å². The van der Waals surface area contributed by atoms with E-state index in [2.05, 4.69) is 4.98 Å². The number of nitrogens with zero attached hydrogens (tertiary/aromatic N) is 2. The number of methoxy groups -OCH3 is 1. The van der Waals surface area contributed by atoms with Gasteiger partial charge in [-0.3, -0.25) is 9.36 Å². The van der Waals surface area contributed by atoms with E-state index in [9.17, 15) is 4.79 Å². The molecule has 1 aromatic heterocycles. The van der Waals surface area contributed by atoms with E-state index in [4.69, 9.17) is 22.1 Å². The van der Waals surface area contributed by atoms with Crippen LogP contribution in [-0.4, -0.2) is 22.6 Å². The highest BCUT2D eigenvalue weighted by molar-refractivity contribution is 6.34. The lowest BCUT2D eigenvalue weighted by molar-refractivity contribution is 0.0959. The van der Waals surface area contributed by atoms with Crippen molar-refractivity contribution in [2.45, 2.75) is 0 Å². The Morgan fingerprint density at radius 2 is 2.29 bits per heavy atom. The molecule has 0 radical (unpaired) electrons. The molecule has 5 nitrogen and oxygen atoms in total. The van der Waals surface area contributed by atoms with Gasteiger partial charge in [0.05, 0.1) is 12.8 Å². The fraction of sp³-hybridized carbons (Fsp3) is 0.0909. The van der Waals surface area contributed by atoms with Crippen LogP contribution in [0.1, 0.15) is 10.4 Å². The second kappa shape index (κ2) is 4.47. The zero-order chi connectivity index (χ0) is 12.4. The molecule has 0 bridgehead atoms. The number of aromatic nitrogens is 2. The molecule has 0 unspecified atom stereocenters. The minimum atomic E-state index is -0.246. The van der Waals surface area contributed by atoms with Crippen molar-refractivity contribution in [1.29, 1.82) is 0 Å². The van der Waals surface area contributed by atoms with Crippen molar-refractivity contribution in [2.75, 3.05) is 12.8 Å². The summed E-state index contributed by atoms with van der Waals surface area (Å²) in [7, 11) is 1.46. The van der Waals surface area contributed by atoms with Gasteiger partial charge in [-0.15, -0.1) is 0 Å². The number of hydrogen-bond donors (Lipinski definition) is 1. The summed E-state index contributed by atoms with van der Waals surface area (Å²) in [5.41, 5.74) is 6.39. The third-order valence-electron chi connectivity index (χ3n) is 2.27. The molecule has 1 aromatic carbocycles. The molecule has 2 rings (SSSR count). The Labute approximate surface area is 103 Å². The molecule has 0 spiro atoms. The predicted molar refractivity (Wildman–Crippen MR) is 64.4 cm³/mol. The Balaban J connectivity index is 2.47. The van der Waals surface area contributed by atoms with E-state index in [1.807, 2.05) is 0 Å². The maximum atomic E-state index is 12.0. The van der Waals surface area contributed by atoms with Gasteiger partial charge in [0.2, 0.25) is 0 Å². The Hall–Kier alpha value is -2.01. The Morgan fingerprint density at radius 1 is 1.53 bits per heavy atom. The molecular formula is C11H10ClN3O2. The summed E-state index contributed by atoms with van der Waals surface area (Å²) in [6.07, 6.45) is 4.49. The summed E-state index contributed by atoms with van der Waals surface area (Å²) in [6.45, 7) is 0. The third kappa shape index (κ3) is 2.09. The second-order valence-corrected chi connectivity index (χ2v) is 3.73. The van der Waals surface area contributed by atoms with Gasteiger partial charge in [-0.2, -0.15) is 0 Å². The number of benzene rings is 1. The number of ether oxygens (including phenoxy) is 1. The fourth-order valence-electron chi connectivity index (χ4n) is 1.42. The zero-order valence-corrected chi connectivity index (χ0v) is 9.81. The Bertz CT molecular complexity index is 552. The molecule has 6 heteroatoms. The van der Waals surface area contributed by atoms with E-state index in [0.29, 0.717) is 22.0 Å². The molecule has 0 aliphatic carbocycles. The number of hydrogen-bond acceptors (Lipinski definition) is 4. The minimum absolute atomic E-state index is 0.246. The summed E-state index contributed by atoms with van der Waals surface area (Å²) < 4.78 is 6.39. The van der Waals surface area contributed by atoms with E-state index in [1.165, 1.54) is 30.3 Å². The third-order valence-corrected chi connectivity index (χ3v) is 2.68. The van der Waals surface area contributed by atoms with Gasteiger partial charge in [-0.05, 0) is 12.1 Å². The van der Waals surface area contributed by atoms with E-state index >= 15 is 0 Å². The molecule has 0 aliphatic rings. The molecule has 2 aromatic rings. The van der Waals surface area contributed by atoms with Gasteiger partial charge >= 0.3 is 0 Å². The summed E-state index contributed by atoms with van der Waals surface area (Å²) in [5.74, 6) is 0.124. The highest BCUT2D eigenvalue weighted by Gasteiger charge is 2.13. The number of halogens is 1. The van der Waals surface area contributed by atoms with Crippen molar-refractivity contribution in [3.8, 4) is 5.75 Å². The lowest BCUT2D eigenvalue weighted by atomic mass is 10.1. The molecule has 17 heavy (non-hydrogen) atoms. The molecule has 1 heterocycles. The topological polar surface area (TPSA) is 70.1 Å². The van der Waals surface area contributed by atoms with Crippen molar-refractivity contribution in [3.05, 3.63) is 41.4 Å². The molecule has 2 N–H and O–H groups in total. The van der Waals surface area contributed by atoms with Gasteiger partial charge in [-0.25, -0.2) is 4.98 Å². The van der Waals surface area contributed by atoms with Gasteiger partial charge in [-0.1, -0.05) is 11.6 Å². The van der Waals surface area contributed by atoms with Crippen LogP contribution in [-0.2, 0) is 0 Å². The number of carbonyl (C=O) groups is 1. The minimum Gasteiger partial charge on any atom is -0.495 e. The maximum absolute atomic E-state index is 12.0. The average molecular weight is 252 g/mol.